The van der Waals surface area contributed by atoms with Gasteiger partial charge in [-0.25, -0.2) is 13.2 Å². The fourth-order valence-electron chi connectivity index (χ4n) is 5.51. The van der Waals surface area contributed by atoms with Crippen LogP contribution in [0, 0.1) is 5.92 Å². The molecule has 5 atom stereocenters. The number of amides is 1. The highest BCUT2D eigenvalue weighted by Crippen LogP contribution is 2.33. The van der Waals surface area contributed by atoms with Gasteiger partial charge in [0.15, 0.2) is 11.9 Å². The number of hydrogen-bond acceptors (Lipinski definition) is 11. The molecule has 232 valence electrons. The van der Waals surface area contributed by atoms with Crippen LogP contribution in [0.15, 0.2) is 82.2 Å². The van der Waals surface area contributed by atoms with Gasteiger partial charge in [-0.05, 0) is 42.7 Å². The first-order valence-corrected chi connectivity index (χ1v) is 15.7. The van der Waals surface area contributed by atoms with Gasteiger partial charge >= 0.3 is 6.09 Å². The number of aliphatic hydroxyl groups excluding tert-OH is 1. The maximum Gasteiger partial charge on any atom is 0.407 e. The number of aromatic nitrogens is 2. The zero-order valence-corrected chi connectivity index (χ0v) is 24.5. The fourth-order valence-corrected chi connectivity index (χ4v) is 6.96. The molecule has 5 unspecified atom stereocenters. The summed E-state index contributed by atoms with van der Waals surface area (Å²) in [6.45, 7) is 0.246. The summed E-state index contributed by atoms with van der Waals surface area (Å²) in [5.41, 5.74) is 7.57. The van der Waals surface area contributed by atoms with Crippen LogP contribution in [0.5, 0.6) is 0 Å². The number of pyridine rings is 1. The van der Waals surface area contributed by atoms with Crippen molar-refractivity contribution in [2.45, 2.75) is 48.8 Å². The van der Waals surface area contributed by atoms with Crippen LogP contribution in [-0.2, 0) is 37.2 Å². The Morgan fingerprint density at radius 3 is 2.75 bits per heavy atom. The molecule has 4 N–H and O–H groups in total. The number of nitrogen functional groups attached to an aromatic ring is 1. The molecule has 44 heavy (non-hydrogen) atoms. The van der Waals surface area contributed by atoms with E-state index < -0.39 is 40.7 Å². The van der Waals surface area contributed by atoms with E-state index >= 15 is 0 Å². The minimum atomic E-state index is -4.21. The van der Waals surface area contributed by atoms with Crippen molar-refractivity contribution in [2.24, 2.45) is 5.92 Å². The Labute approximate surface area is 254 Å². The lowest BCUT2D eigenvalue weighted by molar-refractivity contribution is -0.0907. The number of rotatable bonds is 11. The first kappa shape index (κ1) is 30.0. The number of sulfonamides is 1. The van der Waals surface area contributed by atoms with Crippen molar-refractivity contribution in [3.63, 3.8) is 0 Å². The first-order chi connectivity index (χ1) is 21.3. The zero-order valence-electron chi connectivity index (χ0n) is 23.7. The number of nitrogens with zero attached hydrogens (tertiary/aromatic N) is 3. The second-order valence-corrected chi connectivity index (χ2v) is 12.7. The van der Waals surface area contributed by atoms with Crippen LogP contribution in [-0.4, -0.2) is 78.2 Å². The third-order valence-electron chi connectivity index (χ3n) is 7.78. The van der Waals surface area contributed by atoms with Crippen molar-refractivity contribution >= 4 is 33.2 Å². The number of nitrogens with one attached hydrogen (secondary N) is 1. The number of benzene rings is 2. The largest absolute Gasteiger partial charge is 0.443 e. The van der Waals surface area contributed by atoms with Crippen LogP contribution in [0.2, 0.25) is 0 Å². The van der Waals surface area contributed by atoms with Crippen LogP contribution < -0.4 is 11.1 Å². The highest BCUT2D eigenvalue weighted by atomic mass is 32.2. The van der Waals surface area contributed by atoms with Gasteiger partial charge in [0, 0.05) is 18.8 Å². The quantitative estimate of drug-likeness (QED) is 0.223. The van der Waals surface area contributed by atoms with E-state index in [1.165, 1.54) is 18.2 Å². The van der Waals surface area contributed by atoms with Crippen LogP contribution in [0.25, 0.3) is 11.1 Å². The molecule has 2 aliphatic rings. The van der Waals surface area contributed by atoms with Gasteiger partial charge in [0.1, 0.15) is 11.6 Å². The number of ether oxygens (including phenoxy) is 3. The number of oxazole rings is 1. The summed E-state index contributed by atoms with van der Waals surface area (Å²) >= 11 is 0. The Hall–Kier alpha value is -4.08. The predicted molar refractivity (Wildman–Crippen MR) is 157 cm³/mol. The van der Waals surface area contributed by atoms with Gasteiger partial charge in [-0.15, -0.1) is 0 Å². The third kappa shape index (κ3) is 6.69. The summed E-state index contributed by atoms with van der Waals surface area (Å²) in [6, 6.07) is 17.7. The summed E-state index contributed by atoms with van der Waals surface area (Å²) < 4.78 is 51.3. The lowest BCUT2D eigenvalue weighted by Crippen LogP contribution is -2.51. The molecule has 4 aromatic rings. The van der Waals surface area contributed by atoms with E-state index in [2.05, 4.69) is 15.3 Å². The maximum absolute atomic E-state index is 14.0. The monoisotopic (exact) mass is 623 g/mol. The Bertz CT molecular complexity index is 1690. The second kappa shape index (κ2) is 12.9. The van der Waals surface area contributed by atoms with Crippen molar-refractivity contribution in [3.8, 4) is 0 Å². The minimum absolute atomic E-state index is 0.0608. The molecule has 4 heterocycles. The minimum Gasteiger partial charge on any atom is -0.443 e. The Morgan fingerprint density at radius 1 is 1.14 bits per heavy atom. The van der Waals surface area contributed by atoms with Crippen LogP contribution in [0.4, 0.5) is 10.8 Å². The first-order valence-electron chi connectivity index (χ1n) is 14.2. The number of carbonyl (C=O) groups excluding carboxylic acids is 1. The number of fused-ring (bicyclic) bond motifs is 2. The fraction of sp³-hybridized carbons (Fsp3) is 0.367. The Morgan fingerprint density at radius 2 is 1.95 bits per heavy atom. The van der Waals surface area contributed by atoms with Crippen molar-refractivity contribution in [1.82, 2.24) is 19.6 Å². The average Bonchev–Trinajstić information content (AvgIpc) is 3.73. The normalized spacial score (nSPS) is 21.3. The molecule has 14 heteroatoms. The van der Waals surface area contributed by atoms with E-state index in [-0.39, 0.29) is 48.5 Å². The summed E-state index contributed by atoms with van der Waals surface area (Å²) in [4.78, 5) is 21.3. The lowest BCUT2D eigenvalue weighted by Gasteiger charge is -2.30. The van der Waals surface area contributed by atoms with Gasteiger partial charge in [0.05, 0.1) is 48.4 Å². The molecule has 2 aromatic carbocycles. The number of nitrogens with two attached hydrogens (primary N) is 1. The molecule has 2 saturated heterocycles. The highest BCUT2D eigenvalue weighted by Gasteiger charge is 2.44. The van der Waals surface area contributed by atoms with E-state index in [1.807, 2.05) is 30.3 Å². The Balaban J connectivity index is 1.25. The van der Waals surface area contributed by atoms with Crippen LogP contribution in [0.1, 0.15) is 17.7 Å². The Kier molecular flexibility index (Phi) is 8.77. The van der Waals surface area contributed by atoms with Gasteiger partial charge in [-0.3, -0.25) is 4.98 Å². The SMILES string of the molecule is Nc1nc2ccc(S(=O)(=O)N(Cc3ccccn3)CC(O)C(Cc3ccccc3)NC(=O)OC3COC4OCCC34)cc2o1. The molecule has 0 aliphatic carbocycles. The number of carbonyl (C=O) groups is 1. The molecule has 0 saturated carbocycles. The summed E-state index contributed by atoms with van der Waals surface area (Å²) in [6.07, 6.45) is -0.469. The molecular weight excluding hydrogens is 590 g/mol. The maximum atomic E-state index is 14.0. The molecule has 6 rings (SSSR count). The van der Waals surface area contributed by atoms with E-state index in [0.29, 0.717) is 24.2 Å². The second-order valence-electron chi connectivity index (χ2n) is 10.8. The van der Waals surface area contributed by atoms with Crippen LogP contribution in [0.3, 0.4) is 0 Å². The molecule has 0 bridgehead atoms. The number of hydrogen-bond donors (Lipinski definition) is 3. The number of anilines is 1. The van der Waals surface area contributed by atoms with Gasteiger partial charge in [0.25, 0.3) is 6.01 Å². The van der Waals surface area contributed by atoms with Crippen molar-refractivity contribution < 1.29 is 36.9 Å². The van der Waals surface area contributed by atoms with E-state index in [1.54, 1.807) is 24.4 Å². The summed E-state index contributed by atoms with van der Waals surface area (Å²) in [5, 5.41) is 14.4. The van der Waals surface area contributed by atoms with E-state index in [4.69, 9.17) is 24.4 Å². The van der Waals surface area contributed by atoms with Crippen molar-refractivity contribution in [2.75, 3.05) is 25.5 Å². The van der Waals surface area contributed by atoms with Gasteiger partial charge in [0.2, 0.25) is 10.0 Å². The van der Waals surface area contributed by atoms with Crippen LogP contribution >= 0.6 is 0 Å². The smallest absolute Gasteiger partial charge is 0.407 e. The van der Waals surface area contributed by atoms with E-state index in [0.717, 1.165) is 9.87 Å². The van der Waals surface area contributed by atoms with Crippen molar-refractivity contribution in [3.05, 3.63) is 84.2 Å². The molecule has 0 spiro atoms. The molecule has 2 aromatic heterocycles. The van der Waals surface area contributed by atoms with E-state index in [9.17, 15) is 18.3 Å². The molecule has 1 amide bonds. The topological polar surface area (TPSA) is 179 Å². The predicted octanol–water partition coefficient (Wildman–Crippen LogP) is 2.46. The highest BCUT2D eigenvalue weighted by molar-refractivity contribution is 7.89. The molecule has 0 radical (unpaired) electrons. The van der Waals surface area contributed by atoms with Gasteiger partial charge in [-0.1, -0.05) is 36.4 Å². The standard InChI is InChI=1S/C30H33N5O8S/c31-29-33-23-10-9-21(15-26(23)42-29)44(38,39)35(16-20-8-4-5-12-32-20)17-25(36)24(14-19-6-2-1-3-7-19)34-30(37)43-27-18-41-28-22(27)11-13-40-28/h1-10,12,15,22,24-25,27-28,36H,11,13-14,16-18H2,(H2,31,33)(H,34,37). The average molecular weight is 624 g/mol. The third-order valence-corrected chi connectivity index (χ3v) is 9.59. The molecular formula is C30H33N5O8S. The van der Waals surface area contributed by atoms with Gasteiger partial charge < -0.3 is 34.8 Å². The van der Waals surface area contributed by atoms with Crippen molar-refractivity contribution in [1.29, 1.82) is 0 Å². The summed E-state index contributed by atoms with van der Waals surface area (Å²) in [5.74, 6) is -0.0608. The number of aliphatic hydroxyl groups is 1. The molecule has 13 nitrogen and oxygen atoms in total. The number of alkyl carbamates (subject to hydrolysis) is 1. The molecule has 2 aliphatic heterocycles. The summed E-state index contributed by atoms with van der Waals surface area (Å²) in [7, 11) is -4.21. The lowest BCUT2D eigenvalue weighted by atomic mass is 10.0. The molecule has 2 fully saturated rings. The van der Waals surface area contributed by atoms with Gasteiger partial charge in [-0.2, -0.15) is 9.29 Å². The zero-order chi connectivity index (χ0) is 30.7.